The number of benzene rings is 2. The average molecular weight is 464 g/mol. The van der Waals surface area contributed by atoms with Crippen molar-refractivity contribution in [3.63, 3.8) is 0 Å². The molecule has 0 spiro atoms. The minimum atomic E-state index is -1.67. The SMILES string of the molecule is [B]C1([B])c2ncccc2C(=O)N1Cc1c(F)cc(-c2ccc3nn(C)cc3c2)cc1OCC(C)C. The lowest BCUT2D eigenvalue weighted by atomic mass is 9.59. The van der Waals surface area contributed by atoms with Crippen molar-refractivity contribution in [2.24, 2.45) is 13.0 Å². The topological polar surface area (TPSA) is 60.2 Å². The summed E-state index contributed by atoms with van der Waals surface area (Å²) in [5.74, 6) is -0.364. The zero-order valence-electron chi connectivity index (χ0n) is 19.8. The van der Waals surface area contributed by atoms with Gasteiger partial charge in [-0.15, -0.1) is 0 Å². The molecule has 1 aliphatic heterocycles. The fourth-order valence-corrected chi connectivity index (χ4v) is 4.34. The lowest BCUT2D eigenvalue weighted by Crippen LogP contribution is -2.45. The molecule has 35 heavy (non-hydrogen) atoms. The minimum absolute atomic E-state index is 0.163. The first kappa shape index (κ1) is 23.1. The zero-order valence-corrected chi connectivity index (χ0v) is 19.8. The van der Waals surface area contributed by atoms with E-state index in [4.69, 9.17) is 20.4 Å². The van der Waals surface area contributed by atoms with E-state index in [2.05, 4.69) is 10.1 Å². The van der Waals surface area contributed by atoms with Gasteiger partial charge in [-0.1, -0.05) is 19.9 Å². The molecule has 2 aromatic carbocycles. The molecule has 0 saturated carbocycles. The van der Waals surface area contributed by atoms with Crippen LogP contribution < -0.4 is 4.74 Å². The summed E-state index contributed by atoms with van der Waals surface area (Å²) in [7, 11) is 14.5. The zero-order chi connectivity index (χ0) is 24.9. The second-order valence-corrected chi connectivity index (χ2v) is 9.33. The highest BCUT2D eigenvalue weighted by Gasteiger charge is 2.43. The van der Waals surface area contributed by atoms with E-state index in [1.165, 1.54) is 17.2 Å². The standard InChI is InChI=1S/C26H23B2FN4O2/c1-15(2)14-35-23-11-17(16-6-7-22-18(9-16)12-32(3)31-22)10-21(29)20(23)13-33-25(34)19-5-4-8-30-24(19)26(33,27)28/h4-12,15H,13-14H2,1-3H3. The summed E-state index contributed by atoms with van der Waals surface area (Å²) in [6, 6.07) is 12.2. The number of rotatable bonds is 6. The van der Waals surface area contributed by atoms with Gasteiger partial charge in [-0.3, -0.25) is 14.5 Å². The molecule has 3 heterocycles. The van der Waals surface area contributed by atoms with Crippen LogP contribution in [0.3, 0.4) is 0 Å². The van der Waals surface area contributed by atoms with Gasteiger partial charge in [0, 0.05) is 35.7 Å². The van der Waals surface area contributed by atoms with Gasteiger partial charge in [-0.2, -0.15) is 5.10 Å². The molecule has 4 radical (unpaired) electrons. The van der Waals surface area contributed by atoms with Crippen LogP contribution >= 0.6 is 0 Å². The van der Waals surface area contributed by atoms with Crippen LogP contribution in [0.25, 0.3) is 22.0 Å². The molecular formula is C26H23B2FN4O2. The van der Waals surface area contributed by atoms with Crippen molar-refractivity contribution in [2.45, 2.75) is 25.7 Å². The van der Waals surface area contributed by atoms with Crippen molar-refractivity contribution in [1.29, 1.82) is 0 Å². The van der Waals surface area contributed by atoms with Crippen LogP contribution in [0.1, 0.15) is 35.5 Å². The van der Waals surface area contributed by atoms with E-state index in [0.717, 1.165) is 16.5 Å². The number of hydrogen-bond acceptors (Lipinski definition) is 4. The molecule has 9 heteroatoms. The highest BCUT2D eigenvalue weighted by Crippen LogP contribution is 2.38. The molecule has 1 amide bonds. The van der Waals surface area contributed by atoms with Crippen LogP contribution in [0.5, 0.6) is 5.75 Å². The molecule has 4 aromatic rings. The molecule has 172 valence electrons. The first-order valence-corrected chi connectivity index (χ1v) is 11.4. The summed E-state index contributed by atoms with van der Waals surface area (Å²) < 4.78 is 23.4. The van der Waals surface area contributed by atoms with Crippen molar-refractivity contribution in [2.75, 3.05) is 6.61 Å². The lowest BCUT2D eigenvalue weighted by molar-refractivity contribution is 0.0727. The van der Waals surface area contributed by atoms with Gasteiger partial charge < -0.3 is 9.64 Å². The van der Waals surface area contributed by atoms with Crippen LogP contribution in [-0.2, 0) is 18.9 Å². The Morgan fingerprint density at radius 1 is 1.14 bits per heavy atom. The maximum absolute atomic E-state index is 15.7. The van der Waals surface area contributed by atoms with E-state index in [9.17, 15) is 4.79 Å². The second-order valence-electron chi connectivity index (χ2n) is 9.33. The first-order valence-electron chi connectivity index (χ1n) is 11.4. The number of aryl methyl sites for hydroxylation is 1. The Hall–Kier alpha value is -3.61. The number of ether oxygens (including phenoxy) is 1. The van der Waals surface area contributed by atoms with Gasteiger partial charge in [0.05, 0.1) is 45.6 Å². The number of fused-ring (bicyclic) bond motifs is 2. The van der Waals surface area contributed by atoms with E-state index in [0.29, 0.717) is 23.5 Å². The normalized spacial score (nSPS) is 14.7. The number of nitrogens with zero attached hydrogens (tertiary/aromatic N) is 4. The van der Waals surface area contributed by atoms with Crippen molar-refractivity contribution in [3.8, 4) is 16.9 Å². The number of halogens is 1. The third kappa shape index (κ3) is 4.09. The van der Waals surface area contributed by atoms with Crippen molar-refractivity contribution in [3.05, 3.63) is 77.5 Å². The summed E-state index contributed by atoms with van der Waals surface area (Å²) in [4.78, 5) is 18.5. The molecule has 0 bridgehead atoms. The average Bonchev–Trinajstić information content (AvgIpc) is 3.28. The summed E-state index contributed by atoms with van der Waals surface area (Å²) in [6.45, 7) is 4.23. The van der Waals surface area contributed by atoms with Gasteiger partial charge in [0.2, 0.25) is 0 Å². The van der Waals surface area contributed by atoms with Gasteiger partial charge in [-0.25, -0.2) is 4.39 Å². The predicted molar refractivity (Wildman–Crippen MR) is 134 cm³/mol. The van der Waals surface area contributed by atoms with E-state index in [-0.39, 0.29) is 23.7 Å². The monoisotopic (exact) mass is 464 g/mol. The van der Waals surface area contributed by atoms with Gasteiger partial charge in [0.25, 0.3) is 5.91 Å². The van der Waals surface area contributed by atoms with Crippen LogP contribution in [0.15, 0.2) is 54.9 Å². The number of amides is 1. The Morgan fingerprint density at radius 3 is 2.69 bits per heavy atom. The molecule has 0 aliphatic carbocycles. The first-order chi connectivity index (χ1) is 16.6. The summed E-state index contributed by atoms with van der Waals surface area (Å²) in [5.41, 5.74) is 3.11. The minimum Gasteiger partial charge on any atom is -0.493 e. The molecule has 0 atom stereocenters. The van der Waals surface area contributed by atoms with E-state index < -0.39 is 17.1 Å². The third-order valence-electron chi connectivity index (χ3n) is 6.10. The van der Waals surface area contributed by atoms with Gasteiger partial charge in [-0.05, 0) is 53.4 Å². The van der Waals surface area contributed by atoms with Gasteiger partial charge in [0.15, 0.2) is 0 Å². The summed E-state index contributed by atoms with van der Waals surface area (Å²) in [5, 5.41) is 3.67. The molecule has 6 nitrogen and oxygen atoms in total. The van der Waals surface area contributed by atoms with Gasteiger partial charge >= 0.3 is 0 Å². The van der Waals surface area contributed by atoms with Crippen LogP contribution in [0.4, 0.5) is 4.39 Å². The Kier molecular flexibility index (Phi) is 5.66. The molecule has 0 fully saturated rings. The van der Waals surface area contributed by atoms with Gasteiger partial charge in [0.1, 0.15) is 11.6 Å². The Bertz CT molecular complexity index is 1450. The summed E-state index contributed by atoms with van der Waals surface area (Å²) in [6.07, 6.45) is 3.43. The second kappa shape index (κ2) is 8.56. The van der Waals surface area contributed by atoms with Crippen LogP contribution in [0, 0.1) is 11.7 Å². The van der Waals surface area contributed by atoms with Crippen molar-refractivity contribution < 1.29 is 13.9 Å². The fourth-order valence-electron chi connectivity index (χ4n) is 4.34. The number of aromatic nitrogens is 3. The molecule has 2 aromatic heterocycles. The Balaban J connectivity index is 1.56. The molecule has 1 aliphatic rings. The summed E-state index contributed by atoms with van der Waals surface area (Å²) >= 11 is 0. The highest BCUT2D eigenvalue weighted by molar-refractivity contribution is 6.42. The van der Waals surface area contributed by atoms with Crippen molar-refractivity contribution >= 4 is 32.5 Å². The molecule has 0 unspecified atom stereocenters. The number of pyridine rings is 1. The Morgan fingerprint density at radius 2 is 1.94 bits per heavy atom. The maximum atomic E-state index is 15.7. The molecule has 0 N–H and O–H groups in total. The van der Waals surface area contributed by atoms with E-state index in [1.54, 1.807) is 22.9 Å². The number of carbonyl (C=O) groups is 1. The molecule has 5 rings (SSSR count). The third-order valence-corrected chi connectivity index (χ3v) is 6.10. The van der Waals surface area contributed by atoms with Crippen molar-refractivity contribution in [1.82, 2.24) is 19.7 Å². The highest BCUT2D eigenvalue weighted by atomic mass is 19.1. The van der Waals surface area contributed by atoms with E-state index in [1.807, 2.05) is 45.3 Å². The molecular weight excluding hydrogens is 441 g/mol. The van der Waals surface area contributed by atoms with Crippen LogP contribution in [0.2, 0.25) is 0 Å². The van der Waals surface area contributed by atoms with E-state index >= 15 is 4.39 Å². The maximum Gasteiger partial charge on any atom is 0.255 e. The quantitative estimate of drug-likeness (QED) is 0.407. The smallest absolute Gasteiger partial charge is 0.255 e. The number of carbonyl (C=O) groups excluding carboxylic acids is 1. The molecule has 0 saturated heterocycles. The van der Waals surface area contributed by atoms with Crippen LogP contribution in [-0.4, -0.2) is 47.9 Å². The number of hydrogen-bond donors (Lipinski definition) is 0. The predicted octanol–water partition coefficient (Wildman–Crippen LogP) is 3.91. The lowest BCUT2D eigenvalue weighted by Gasteiger charge is -2.33. The Labute approximate surface area is 205 Å². The largest absolute Gasteiger partial charge is 0.493 e. The fraction of sp³-hybridized carbons (Fsp3) is 0.269.